The normalized spacial score (nSPS) is 13.0. The van der Waals surface area contributed by atoms with E-state index in [1.807, 2.05) is 20.8 Å². The lowest BCUT2D eigenvalue weighted by molar-refractivity contribution is 0.0502. The Labute approximate surface area is 142 Å². The molecule has 4 nitrogen and oxygen atoms in total. The maximum atomic E-state index is 11.8. The summed E-state index contributed by atoms with van der Waals surface area (Å²) in [6.07, 6.45) is 0.503. The molecule has 1 unspecified atom stereocenters. The van der Waals surface area contributed by atoms with Crippen LogP contribution in [-0.4, -0.2) is 24.3 Å². The van der Waals surface area contributed by atoms with Crippen LogP contribution >= 0.6 is 11.3 Å². The third kappa shape index (κ3) is 5.52. The number of alkyl carbamates (subject to hydrolysis) is 1. The van der Waals surface area contributed by atoms with E-state index < -0.39 is 5.60 Å². The summed E-state index contributed by atoms with van der Waals surface area (Å²) in [5.41, 5.74) is 0.837. The van der Waals surface area contributed by atoms with Crippen molar-refractivity contribution in [3.05, 3.63) is 35.2 Å². The first-order valence-electron chi connectivity index (χ1n) is 8.04. The van der Waals surface area contributed by atoms with Gasteiger partial charge >= 0.3 is 6.09 Å². The number of ether oxygens (including phenoxy) is 1. The number of rotatable bonds is 6. The Kier molecular flexibility index (Phi) is 6.02. The third-order valence-corrected chi connectivity index (χ3v) is 4.49. The maximum absolute atomic E-state index is 11.8. The van der Waals surface area contributed by atoms with E-state index in [1.165, 1.54) is 15.6 Å². The van der Waals surface area contributed by atoms with Crippen molar-refractivity contribution < 1.29 is 9.53 Å². The van der Waals surface area contributed by atoms with E-state index in [0.717, 1.165) is 19.5 Å². The highest BCUT2D eigenvalue weighted by molar-refractivity contribution is 7.17. The number of carbonyl (C=O) groups is 1. The predicted octanol–water partition coefficient (Wildman–Crippen LogP) is 4.29. The number of thiophene rings is 1. The monoisotopic (exact) mass is 334 g/mol. The molecule has 1 aromatic heterocycles. The van der Waals surface area contributed by atoms with Gasteiger partial charge in [0.1, 0.15) is 5.60 Å². The Morgan fingerprint density at radius 1 is 1.30 bits per heavy atom. The molecule has 126 valence electrons. The van der Waals surface area contributed by atoms with Gasteiger partial charge in [-0.1, -0.05) is 25.1 Å². The highest BCUT2D eigenvalue weighted by Crippen LogP contribution is 2.25. The lowest BCUT2D eigenvalue weighted by atomic mass is 10.1. The maximum Gasteiger partial charge on any atom is 0.407 e. The van der Waals surface area contributed by atoms with Crippen LogP contribution in [-0.2, 0) is 11.3 Å². The van der Waals surface area contributed by atoms with Crippen LogP contribution < -0.4 is 10.6 Å². The zero-order valence-electron chi connectivity index (χ0n) is 14.3. The van der Waals surface area contributed by atoms with E-state index in [2.05, 4.69) is 47.2 Å². The van der Waals surface area contributed by atoms with Gasteiger partial charge < -0.3 is 15.4 Å². The number of nitrogens with one attached hydrogen (secondary N) is 2. The van der Waals surface area contributed by atoms with Crippen molar-refractivity contribution in [2.45, 2.75) is 52.3 Å². The minimum Gasteiger partial charge on any atom is -0.444 e. The number of hydrogen-bond acceptors (Lipinski definition) is 4. The minimum absolute atomic E-state index is 0.0646. The van der Waals surface area contributed by atoms with Gasteiger partial charge in [-0.25, -0.2) is 4.79 Å². The lowest BCUT2D eigenvalue weighted by Crippen LogP contribution is -2.43. The fourth-order valence-electron chi connectivity index (χ4n) is 2.32. The molecule has 0 spiro atoms. The molecule has 0 bridgehead atoms. The smallest absolute Gasteiger partial charge is 0.407 e. The van der Waals surface area contributed by atoms with Crippen molar-refractivity contribution in [1.82, 2.24) is 10.6 Å². The first kappa shape index (κ1) is 17.8. The van der Waals surface area contributed by atoms with Crippen molar-refractivity contribution in [1.29, 1.82) is 0 Å². The van der Waals surface area contributed by atoms with Crippen molar-refractivity contribution in [3.8, 4) is 0 Å². The molecule has 0 aliphatic carbocycles. The second-order valence-corrected chi connectivity index (χ2v) is 7.55. The van der Waals surface area contributed by atoms with E-state index in [0.29, 0.717) is 0 Å². The molecule has 2 N–H and O–H groups in total. The molecule has 0 saturated heterocycles. The zero-order valence-corrected chi connectivity index (χ0v) is 15.1. The van der Waals surface area contributed by atoms with Gasteiger partial charge in [0.2, 0.25) is 0 Å². The van der Waals surface area contributed by atoms with Crippen LogP contribution in [0.2, 0.25) is 0 Å². The molecule has 0 aliphatic heterocycles. The Morgan fingerprint density at radius 2 is 2.04 bits per heavy atom. The van der Waals surface area contributed by atoms with Crippen molar-refractivity contribution in [3.63, 3.8) is 0 Å². The summed E-state index contributed by atoms with van der Waals surface area (Å²) < 4.78 is 6.61. The molecular weight excluding hydrogens is 308 g/mol. The topological polar surface area (TPSA) is 50.4 Å². The van der Waals surface area contributed by atoms with Crippen LogP contribution in [0.25, 0.3) is 10.1 Å². The van der Waals surface area contributed by atoms with Gasteiger partial charge in [-0.05, 0) is 49.6 Å². The lowest BCUT2D eigenvalue weighted by Gasteiger charge is -2.23. The summed E-state index contributed by atoms with van der Waals surface area (Å²) in [5, 5.41) is 9.85. The largest absolute Gasteiger partial charge is 0.444 e. The van der Waals surface area contributed by atoms with Crippen LogP contribution in [0.3, 0.4) is 0 Å². The van der Waals surface area contributed by atoms with Crippen LogP contribution in [0.15, 0.2) is 29.6 Å². The van der Waals surface area contributed by atoms with Gasteiger partial charge in [0.25, 0.3) is 0 Å². The van der Waals surface area contributed by atoms with Crippen LogP contribution in [0.1, 0.15) is 39.7 Å². The quantitative estimate of drug-likeness (QED) is 0.828. The highest BCUT2D eigenvalue weighted by Gasteiger charge is 2.18. The van der Waals surface area contributed by atoms with E-state index in [1.54, 1.807) is 11.3 Å². The summed E-state index contributed by atoms with van der Waals surface area (Å²) in [4.78, 5) is 11.8. The SMILES string of the molecule is CCC(CNCc1csc2ccccc12)NC(=O)OC(C)(C)C. The Hall–Kier alpha value is -1.59. The van der Waals surface area contributed by atoms with Gasteiger partial charge in [0.15, 0.2) is 0 Å². The van der Waals surface area contributed by atoms with Crippen LogP contribution in [0, 0.1) is 0 Å². The van der Waals surface area contributed by atoms with Crippen LogP contribution in [0.4, 0.5) is 4.79 Å². The molecule has 5 heteroatoms. The van der Waals surface area contributed by atoms with E-state index in [4.69, 9.17) is 4.74 Å². The Balaban J connectivity index is 1.83. The molecule has 0 fully saturated rings. The molecule has 0 saturated carbocycles. The van der Waals surface area contributed by atoms with Gasteiger partial charge in [-0.15, -0.1) is 11.3 Å². The summed E-state index contributed by atoms with van der Waals surface area (Å²) in [6, 6.07) is 8.49. The van der Waals surface area contributed by atoms with E-state index in [-0.39, 0.29) is 12.1 Å². The first-order chi connectivity index (χ1) is 10.9. The predicted molar refractivity (Wildman–Crippen MR) is 97.0 cm³/mol. The molecule has 0 aliphatic rings. The summed E-state index contributed by atoms with van der Waals surface area (Å²) in [5.74, 6) is 0. The van der Waals surface area contributed by atoms with Crippen molar-refractivity contribution in [2.75, 3.05) is 6.54 Å². The second kappa shape index (κ2) is 7.79. The third-order valence-electron chi connectivity index (χ3n) is 3.48. The first-order valence-corrected chi connectivity index (χ1v) is 8.92. The van der Waals surface area contributed by atoms with E-state index >= 15 is 0 Å². The fraction of sp³-hybridized carbons (Fsp3) is 0.500. The second-order valence-electron chi connectivity index (χ2n) is 6.64. The molecule has 1 aromatic carbocycles. The molecule has 2 aromatic rings. The molecule has 1 amide bonds. The standard InChI is InChI=1S/C18H26N2O2S/c1-5-14(20-17(21)22-18(2,3)4)11-19-10-13-12-23-16-9-7-6-8-15(13)16/h6-9,12,14,19H,5,10-11H2,1-4H3,(H,20,21). The molecular formula is C18H26N2O2S. The van der Waals surface area contributed by atoms with Gasteiger partial charge in [-0.3, -0.25) is 0 Å². The molecule has 2 rings (SSSR count). The fourth-order valence-corrected chi connectivity index (χ4v) is 3.29. The number of amides is 1. The molecule has 1 atom stereocenters. The van der Waals surface area contributed by atoms with E-state index in [9.17, 15) is 4.79 Å². The Morgan fingerprint density at radius 3 is 2.74 bits per heavy atom. The highest BCUT2D eigenvalue weighted by atomic mass is 32.1. The number of hydrogen-bond donors (Lipinski definition) is 2. The van der Waals surface area contributed by atoms with Crippen molar-refractivity contribution in [2.24, 2.45) is 0 Å². The number of benzene rings is 1. The summed E-state index contributed by atoms with van der Waals surface area (Å²) in [7, 11) is 0. The average molecular weight is 334 g/mol. The van der Waals surface area contributed by atoms with Crippen molar-refractivity contribution >= 4 is 27.5 Å². The van der Waals surface area contributed by atoms with Gasteiger partial charge in [0, 0.05) is 23.8 Å². The molecule has 23 heavy (non-hydrogen) atoms. The Bertz CT molecular complexity index is 646. The van der Waals surface area contributed by atoms with Crippen LogP contribution in [0.5, 0.6) is 0 Å². The number of carbonyl (C=O) groups excluding carboxylic acids is 1. The summed E-state index contributed by atoms with van der Waals surface area (Å²) in [6.45, 7) is 9.19. The molecule has 1 heterocycles. The average Bonchev–Trinajstić information content (AvgIpc) is 2.88. The van der Waals surface area contributed by atoms with Gasteiger partial charge in [0.05, 0.1) is 0 Å². The zero-order chi connectivity index (χ0) is 16.9. The minimum atomic E-state index is -0.467. The number of fused-ring (bicyclic) bond motifs is 1. The summed E-state index contributed by atoms with van der Waals surface area (Å²) >= 11 is 1.77. The van der Waals surface area contributed by atoms with Gasteiger partial charge in [-0.2, -0.15) is 0 Å². The molecule has 0 radical (unpaired) electrons.